The van der Waals surface area contributed by atoms with Crippen molar-refractivity contribution in [3.8, 4) is 0 Å². The number of carbonyl (C=O) groups excluding carboxylic acids is 2. The molecule has 4 nitrogen and oxygen atoms in total. The summed E-state index contributed by atoms with van der Waals surface area (Å²) >= 11 is 0. The first kappa shape index (κ1) is 17.5. The fourth-order valence-electron chi connectivity index (χ4n) is 4.32. The van der Waals surface area contributed by atoms with Gasteiger partial charge < -0.3 is 10.2 Å². The zero-order valence-corrected chi connectivity index (χ0v) is 15.0. The lowest BCUT2D eigenvalue weighted by molar-refractivity contribution is -0.158. The number of benzene rings is 1. The minimum atomic E-state index is -0.236. The highest BCUT2D eigenvalue weighted by atomic mass is 16.2. The van der Waals surface area contributed by atoms with Gasteiger partial charge in [-0.3, -0.25) is 9.59 Å². The van der Waals surface area contributed by atoms with E-state index in [-0.39, 0.29) is 17.2 Å². The highest BCUT2D eigenvalue weighted by Gasteiger charge is 2.54. The summed E-state index contributed by atoms with van der Waals surface area (Å²) in [5.74, 6) is 0.424. The third kappa shape index (κ3) is 3.39. The molecule has 3 rings (SSSR count). The van der Waals surface area contributed by atoms with Crippen molar-refractivity contribution in [1.29, 1.82) is 0 Å². The molecule has 0 aromatic heterocycles. The number of allylic oxidation sites excluding steroid dienone is 2. The topological polar surface area (TPSA) is 49.4 Å². The number of carbonyl (C=O) groups is 2. The fourth-order valence-corrected chi connectivity index (χ4v) is 4.32. The Bertz CT molecular complexity index is 695. The van der Waals surface area contributed by atoms with Gasteiger partial charge in [0, 0.05) is 23.7 Å². The summed E-state index contributed by atoms with van der Waals surface area (Å²) in [5, 5.41) is 2.71. The molecule has 25 heavy (non-hydrogen) atoms. The second-order valence-electron chi connectivity index (χ2n) is 7.52. The van der Waals surface area contributed by atoms with Crippen LogP contribution in [0.5, 0.6) is 0 Å². The normalized spacial score (nSPS) is 20.6. The van der Waals surface area contributed by atoms with E-state index in [1.807, 2.05) is 24.3 Å². The van der Waals surface area contributed by atoms with Crippen molar-refractivity contribution in [3.05, 3.63) is 54.6 Å². The van der Waals surface area contributed by atoms with Gasteiger partial charge in [-0.2, -0.15) is 0 Å². The van der Waals surface area contributed by atoms with Crippen molar-refractivity contribution >= 4 is 17.5 Å². The lowest BCUT2D eigenvalue weighted by Crippen LogP contribution is -2.67. The summed E-state index contributed by atoms with van der Waals surface area (Å²) in [7, 11) is 0. The highest BCUT2D eigenvalue weighted by Crippen LogP contribution is 2.50. The first-order chi connectivity index (χ1) is 11.9. The Hall–Kier alpha value is -2.36. The fraction of sp³-hybridized carbons (Fsp3) is 0.429. The van der Waals surface area contributed by atoms with Gasteiger partial charge in [0.25, 0.3) is 0 Å². The van der Waals surface area contributed by atoms with Crippen LogP contribution in [0, 0.1) is 11.3 Å². The molecule has 1 spiro atoms. The second kappa shape index (κ2) is 6.87. The highest BCUT2D eigenvalue weighted by molar-refractivity contribution is 5.98. The van der Waals surface area contributed by atoms with E-state index in [0.29, 0.717) is 24.1 Å². The molecule has 1 aromatic rings. The first-order valence-corrected chi connectivity index (χ1v) is 8.92. The average Bonchev–Trinajstić information content (AvgIpc) is 3.05. The van der Waals surface area contributed by atoms with Gasteiger partial charge in [0.05, 0.1) is 6.42 Å². The van der Waals surface area contributed by atoms with Gasteiger partial charge in [0.1, 0.15) is 0 Å². The van der Waals surface area contributed by atoms with E-state index in [9.17, 15) is 9.59 Å². The van der Waals surface area contributed by atoms with Gasteiger partial charge in [0.15, 0.2) is 0 Å². The van der Waals surface area contributed by atoms with Crippen molar-refractivity contribution < 1.29 is 9.59 Å². The van der Waals surface area contributed by atoms with Crippen LogP contribution in [0.2, 0.25) is 0 Å². The van der Waals surface area contributed by atoms with E-state index in [0.717, 1.165) is 24.9 Å². The van der Waals surface area contributed by atoms with E-state index in [1.165, 1.54) is 6.08 Å². The zero-order valence-electron chi connectivity index (χ0n) is 15.0. The van der Waals surface area contributed by atoms with Crippen LogP contribution in [0.15, 0.2) is 49.1 Å². The van der Waals surface area contributed by atoms with Gasteiger partial charge in [-0.05, 0) is 42.5 Å². The SMILES string of the molecule is C=CC(=O)Nc1ccc(CC(=O)N2CC3(CC=CC3)C2C(C)C)cc1. The number of rotatable bonds is 5. The van der Waals surface area contributed by atoms with E-state index in [4.69, 9.17) is 0 Å². The Kier molecular flexibility index (Phi) is 4.80. The number of nitrogens with zero attached hydrogens (tertiary/aromatic N) is 1. The number of likely N-dealkylation sites (tertiary alicyclic amines) is 1. The third-order valence-corrected chi connectivity index (χ3v) is 5.38. The third-order valence-electron chi connectivity index (χ3n) is 5.38. The number of hydrogen-bond acceptors (Lipinski definition) is 2. The van der Waals surface area contributed by atoms with E-state index in [2.05, 4.69) is 42.8 Å². The Morgan fingerprint density at radius 3 is 2.48 bits per heavy atom. The largest absolute Gasteiger partial charge is 0.338 e. The molecule has 2 aliphatic rings. The van der Waals surface area contributed by atoms with Gasteiger partial charge in [0.2, 0.25) is 11.8 Å². The van der Waals surface area contributed by atoms with Crippen molar-refractivity contribution in [2.24, 2.45) is 11.3 Å². The lowest BCUT2D eigenvalue weighted by atomic mass is 9.65. The Balaban J connectivity index is 1.62. The first-order valence-electron chi connectivity index (χ1n) is 8.92. The second-order valence-corrected chi connectivity index (χ2v) is 7.52. The van der Waals surface area contributed by atoms with Crippen molar-refractivity contribution in [2.75, 3.05) is 11.9 Å². The van der Waals surface area contributed by atoms with Crippen molar-refractivity contribution in [2.45, 2.75) is 39.2 Å². The predicted molar refractivity (Wildman–Crippen MR) is 100 cm³/mol. The molecule has 1 atom stereocenters. The molecule has 1 N–H and O–H groups in total. The summed E-state index contributed by atoms with van der Waals surface area (Å²) in [6.07, 6.45) is 8.35. The van der Waals surface area contributed by atoms with Crippen LogP contribution >= 0.6 is 0 Å². The molecule has 132 valence electrons. The standard InChI is InChI=1S/C21H26N2O2/c1-4-18(24)22-17-9-7-16(8-10-17)13-19(25)23-14-21(11-5-6-12-21)20(23)15(2)3/h4-10,15,20H,1,11-14H2,2-3H3,(H,22,24). The molecule has 1 heterocycles. The number of anilines is 1. The minimum Gasteiger partial charge on any atom is -0.338 e. The predicted octanol–water partition coefficient (Wildman–Crippen LogP) is 3.56. The average molecular weight is 338 g/mol. The summed E-state index contributed by atoms with van der Waals surface area (Å²) in [6.45, 7) is 8.72. The maximum Gasteiger partial charge on any atom is 0.247 e. The Morgan fingerprint density at radius 2 is 1.92 bits per heavy atom. The van der Waals surface area contributed by atoms with Crippen LogP contribution in [0.3, 0.4) is 0 Å². The molecule has 0 bridgehead atoms. The molecular formula is C21H26N2O2. The van der Waals surface area contributed by atoms with Gasteiger partial charge in [-0.25, -0.2) is 0 Å². The van der Waals surface area contributed by atoms with Crippen LogP contribution in [0.4, 0.5) is 5.69 Å². The van der Waals surface area contributed by atoms with Gasteiger partial charge in [-0.1, -0.05) is 44.7 Å². The van der Waals surface area contributed by atoms with Gasteiger partial charge in [-0.15, -0.1) is 0 Å². The van der Waals surface area contributed by atoms with Crippen LogP contribution in [0.25, 0.3) is 0 Å². The Labute approximate surface area is 149 Å². The van der Waals surface area contributed by atoms with E-state index < -0.39 is 0 Å². The molecule has 4 heteroatoms. The summed E-state index contributed by atoms with van der Waals surface area (Å²) in [5.41, 5.74) is 1.96. The summed E-state index contributed by atoms with van der Waals surface area (Å²) < 4.78 is 0. The summed E-state index contributed by atoms with van der Waals surface area (Å²) in [4.78, 5) is 26.1. The molecule has 1 saturated heterocycles. The maximum atomic E-state index is 12.8. The smallest absolute Gasteiger partial charge is 0.247 e. The molecule has 2 amide bonds. The van der Waals surface area contributed by atoms with Crippen LogP contribution < -0.4 is 5.32 Å². The quantitative estimate of drug-likeness (QED) is 0.659. The van der Waals surface area contributed by atoms with Gasteiger partial charge >= 0.3 is 0 Å². The molecule has 1 aromatic carbocycles. The number of nitrogens with one attached hydrogen (secondary N) is 1. The molecule has 1 aliphatic carbocycles. The molecule has 0 saturated carbocycles. The van der Waals surface area contributed by atoms with Crippen LogP contribution in [-0.2, 0) is 16.0 Å². The zero-order chi connectivity index (χ0) is 18.0. The monoisotopic (exact) mass is 338 g/mol. The molecular weight excluding hydrogens is 312 g/mol. The van der Waals surface area contributed by atoms with E-state index in [1.54, 1.807) is 0 Å². The van der Waals surface area contributed by atoms with Crippen LogP contribution in [-0.4, -0.2) is 29.3 Å². The van der Waals surface area contributed by atoms with E-state index >= 15 is 0 Å². The summed E-state index contributed by atoms with van der Waals surface area (Å²) in [6, 6.07) is 7.77. The lowest BCUT2D eigenvalue weighted by Gasteiger charge is -2.58. The van der Waals surface area contributed by atoms with Crippen molar-refractivity contribution in [3.63, 3.8) is 0 Å². The molecule has 1 unspecified atom stereocenters. The molecule has 1 fully saturated rings. The Morgan fingerprint density at radius 1 is 1.28 bits per heavy atom. The van der Waals surface area contributed by atoms with Crippen LogP contribution in [0.1, 0.15) is 32.3 Å². The number of amides is 2. The molecule has 0 radical (unpaired) electrons. The maximum absolute atomic E-state index is 12.8. The molecule has 1 aliphatic heterocycles. The number of hydrogen-bond donors (Lipinski definition) is 1. The minimum absolute atomic E-state index is 0.194. The van der Waals surface area contributed by atoms with Crippen molar-refractivity contribution in [1.82, 2.24) is 4.90 Å².